The molecule has 3 aromatic rings. The summed E-state index contributed by atoms with van der Waals surface area (Å²) in [6.45, 7) is 2.17. The molecule has 1 saturated carbocycles. The summed E-state index contributed by atoms with van der Waals surface area (Å²) in [5.74, 6) is -0.684. The second-order valence-corrected chi connectivity index (χ2v) is 7.01. The van der Waals surface area contributed by atoms with Crippen LogP contribution in [0.25, 0.3) is 16.6 Å². The van der Waals surface area contributed by atoms with Gasteiger partial charge in [-0.25, -0.2) is 9.18 Å². The minimum Gasteiger partial charge on any atom is -0.449 e. The number of nitrogens with zero attached hydrogens (tertiary/aromatic N) is 1. The third-order valence-corrected chi connectivity index (χ3v) is 5.13. The lowest BCUT2D eigenvalue weighted by Gasteiger charge is -2.16. The van der Waals surface area contributed by atoms with Crippen molar-refractivity contribution < 1.29 is 19.0 Å². The van der Waals surface area contributed by atoms with Crippen LogP contribution in [0.1, 0.15) is 35.4 Å². The normalized spacial score (nSPS) is 13.7. The fourth-order valence-corrected chi connectivity index (χ4v) is 3.66. The molecule has 3 N–H and O–H groups in total. The molecule has 0 spiro atoms. The maximum atomic E-state index is 15.0. The molecule has 1 aromatic carbocycles. The molecule has 6 nitrogen and oxygen atoms in total. The van der Waals surface area contributed by atoms with Gasteiger partial charge in [-0.2, -0.15) is 0 Å². The highest BCUT2D eigenvalue weighted by atomic mass is 19.1. The number of benzene rings is 1. The lowest BCUT2D eigenvalue weighted by molar-refractivity contribution is 0.143. The van der Waals surface area contributed by atoms with Gasteiger partial charge in [-0.15, -0.1) is 0 Å². The highest BCUT2D eigenvalue weighted by Gasteiger charge is 2.30. The van der Waals surface area contributed by atoms with E-state index in [-0.39, 0.29) is 11.7 Å². The Morgan fingerprint density at radius 2 is 2.00 bits per heavy atom. The van der Waals surface area contributed by atoms with Gasteiger partial charge in [0.25, 0.3) is 5.56 Å². The molecule has 0 aliphatic heterocycles. The van der Waals surface area contributed by atoms with E-state index < -0.39 is 17.5 Å². The maximum Gasteiger partial charge on any atom is 0.511 e. The van der Waals surface area contributed by atoms with Crippen molar-refractivity contribution in [2.24, 2.45) is 5.73 Å². The van der Waals surface area contributed by atoms with Crippen LogP contribution in [0, 0.1) is 12.7 Å². The zero-order valence-corrected chi connectivity index (χ0v) is 15.2. The Kier molecular flexibility index (Phi) is 4.39. The summed E-state index contributed by atoms with van der Waals surface area (Å²) >= 11 is 0. The lowest BCUT2D eigenvalue weighted by Crippen LogP contribution is -2.21. The van der Waals surface area contributed by atoms with Gasteiger partial charge in [-0.05, 0) is 54.0 Å². The zero-order valence-electron chi connectivity index (χ0n) is 15.2. The molecule has 0 radical (unpaired) electrons. The van der Waals surface area contributed by atoms with Crippen molar-refractivity contribution in [2.75, 3.05) is 0 Å². The van der Waals surface area contributed by atoms with Crippen LogP contribution in [0.4, 0.5) is 9.18 Å². The molecule has 0 atom stereocenters. The second kappa shape index (κ2) is 6.76. The van der Waals surface area contributed by atoms with Crippen LogP contribution in [0.3, 0.4) is 0 Å². The topological polar surface area (TPSA) is 94.0 Å². The third-order valence-electron chi connectivity index (χ3n) is 5.13. The number of pyridine rings is 2. The summed E-state index contributed by atoms with van der Waals surface area (Å²) in [5, 5.41) is 8.90. The van der Waals surface area contributed by atoms with Gasteiger partial charge in [-0.1, -0.05) is 24.3 Å². The quantitative estimate of drug-likeness (QED) is 0.669. The zero-order chi connectivity index (χ0) is 20.0. The van der Waals surface area contributed by atoms with Gasteiger partial charge in [0.1, 0.15) is 5.82 Å². The molecule has 0 bridgehead atoms. The van der Waals surface area contributed by atoms with E-state index in [2.05, 4.69) is 4.74 Å². The van der Waals surface area contributed by atoms with Gasteiger partial charge in [0, 0.05) is 18.3 Å². The van der Waals surface area contributed by atoms with Crippen LogP contribution < -0.4 is 16.0 Å². The molecule has 28 heavy (non-hydrogen) atoms. The minimum atomic E-state index is -1.58. The van der Waals surface area contributed by atoms with Crippen molar-refractivity contribution in [2.45, 2.75) is 32.2 Å². The number of ether oxygens (including phenoxy) is 1. The maximum absolute atomic E-state index is 15.0. The highest BCUT2D eigenvalue weighted by Crippen LogP contribution is 2.44. The number of nitrogens with two attached hydrogens (primary N) is 1. The number of halogens is 1. The van der Waals surface area contributed by atoms with Gasteiger partial charge in [0.05, 0.1) is 5.52 Å². The summed E-state index contributed by atoms with van der Waals surface area (Å²) in [5.41, 5.74) is 9.00. The molecular weight excluding hydrogens is 363 g/mol. The summed E-state index contributed by atoms with van der Waals surface area (Å²) in [4.78, 5) is 23.6. The van der Waals surface area contributed by atoms with Crippen LogP contribution in [0.15, 0.2) is 41.3 Å². The minimum absolute atomic E-state index is 0.198. The van der Waals surface area contributed by atoms with Crippen LogP contribution in [0.5, 0.6) is 5.75 Å². The van der Waals surface area contributed by atoms with Crippen molar-refractivity contribution in [1.82, 2.24) is 4.40 Å². The molecule has 1 aliphatic carbocycles. The molecule has 1 aliphatic rings. The van der Waals surface area contributed by atoms with Gasteiger partial charge in [0.15, 0.2) is 5.75 Å². The molecule has 2 heterocycles. The summed E-state index contributed by atoms with van der Waals surface area (Å²) in [6.07, 6.45) is 1.39. The van der Waals surface area contributed by atoms with Crippen LogP contribution in [0.2, 0.25) is 0 Å². The van der Waals surface area contributed by atoms with Crippen molar-refractivity contribution in [3.8, 4) is 16.9 Å². The highest BCUT2D eigenvalue weighted by molar-refractivity contribution is 5.78. The summed E-state index contributed by atoms with van der Waals surface area (Å²) < 4.78 is 20.8. The average molecular weight is 382 g/mol. The van der Waals surface area contributed by atoms with Crippen LogP contribution in [-0.2, 0) is 6.54 Å². The predicted octanol–water partition coefficient (Wildman–Crippen LogP) is 3.81. The number of carbonyl (C=O) groups is 1. The molecule has 4 rings (SSSR count). The molecular formula is C21H19FN2O4. The molecule has 0 saturated heterocycles. The van der Waals surface area contributed by atoms with E-state index in [4.69, 9.17) is 10.8 Å². The number of aryl methyl sites for hydroxylation is 1. The van der Waals surface area contributed by atoms with Gasteiger partial charge in [-0.3, -0.25) is 9.20 Å². The van der Waals surface area contributed by atoms with Gasteiger partial charge < -0.3 is 15.6 Å². The fourth-order valence-electron chi connectivity index (χ4n) is 3.66. The van der Waals surface area contributed by atoms with E-state index in [0.29, 0.717) is 28.8 Å². The average Bonchev–Trinajstić information content (AvgIpc) is 3.49. The van der Waals surface area contributed by atoms with E-state index >= 15 is 4.39 Å². The Bertz CT molecular complexity index is 1150. The molecule has 0 amide bonds. The van der Waals surface area contributed by atoms with E-state index in [0.717, 1.165) is 34.6 Å². The van der Waals surface area contributed by atoms with Gasteiger partial charge >= 0.3 is 6.16 Å². The van der Waals surface area contributed by atoms with Crippen LogP contribution in [-0.4, -0.2) is 15.7 Å². The smallest absolute Gasteiger partial charge is 0.449 e. The van der Waals surface area contributed by atoms with E-state index in [1.807, 2.05) is 12.1 Å². The number of aromatic nitrogens is 1. The first kappa shape index (κ1) is 18.2. The first-order valence-corrected chi connectivity index (χ1v) is 8.99. The van der Waals surface area contributed by atoms with E-state index in [1.165, 1.54) is 6.07 Å². The van der Waals surface area contributed by atoms with Crippen LogP contribution >= 0.6 is 0 Å². The Morgan fingerprint density at radius 1 is 1.32 bits per heavy atom. The van der Waals surface area contributed by atoms with Crippen molar-refractivity contribution >= 4 is 11.7 Å². The van der Waals surface area contributed by atoms with E-state index in [9.17, 15) is 9.59 Å². The third kappa shape index (κ3) is 3.03. The van der Waals surface area contributed by atoms with Crippen molar-refractivity contribution in [1.29, 1.82) is 0 Å². The fraction of sp³-hybridized carbons (Fsp3) is 0.238. The Morgan fingerprint density at radius 3 is 2.57 bits per heavy atom. The number of carboxylic acid groups (broad SMARTS) is 1. The lowest BCUT2D eigenvalue weighted by atomic mass is 9.96. The number of hydrogen-bond acceptors (Lipinski definition) is 4. The van der Waals surface area contributed by atoms with E-state index in [1.54, 1.807) is 19.1 Å². The standard InChI is InChI=1S/C21H19FN2O4/c1-11-18(14-4-2-12(9-23)3-5-14)16(22)10-24-19(11)15(13-6-7-13)8-17(20(24)25)28-21(26)27/h2-5,8,10,13H,6-7,9,23H2,1H3,(H,26,27). The first-order valence-electron chi connectivity index (χ1n) is 8.99. The summed E-state index contributed by atoms with van der Waals surface area (Å²) in [6, 6.07) is 8.78. The largest absolute Gasteiger partial charge is 0.511 e. The Hall–Kier alpha value is -3.19. The molecule has 0 unspecified atom stereocenters. The summed E-state index contributed by atoms with van der Waals surface area (Å²) in [7, 11) is 0. The number of rotatable bonds is 4. The number of fused-ring (bicyclic) bond motifs is 1. The predicted molar refractivity (Wildman–Crippen MR) is 102 cm³/mol. The molecule has 1 fully saturated rings. The Balaban J connectivity index is 2.01. The number of hydrogen-bond donors (Lipinski definition) is 2. The van der Waals surface area contributed by atoms with Gasteiger partial charge in [0.2, 0.25) is 0 Å². The van der Waals surface area contributed by atoms with Crippen molar-refractivity contribution in [3.05, 3.63) is 69.4 Å². The second-order valence-electron chi connectivity index (χ2n) is 7.01. The molecule has 144 valence electrons. The first-order chi connectivity index (χ1) is 13.4. The molecule has 7 heteroatoms. The Labute approximate surface area is 160 Å². The monoisotopic (exact) mass is 382 g/mol. The van der Waals surface area contributed by atoms with Crippen molar-refractivity contribution in [3.63, 3.8) is 0 Å². The molecule has 2 aromatic heterocycles. The SMILES string of the molecule is Cc1c(-c2ccc(CN)cc2)c(F)cn2c(=O)c(OC(=O)O)cc(C3CC3)c12.